The van der Waals surface area contributed by atoms with E-state index in [1.165, 1.54) is 0 Å². The van der Waals surface area contributed by atoms with Crippen LogP contribution in [-0.2, 0) is 9.53 Å². The lowest BCUT2D eigenvalue weighted by molar-refractivity contribution is -0.143. The molecule has 4 aliphatic heterocycles. The molecule has 6 rings (SSSR count). The van der Waals surface area contributed by atoms with Crippen molar-refractivity contribution < 1.29 is 19.4 Å². The third-order valence-corrected chi connectivity index (χ3v) is 8.86. The summed E-state index contributed by atoms with van der Waals surface area (Å²) in [5, 5.41) is 15.8. The number of aromatic nitrogens is 2. The van der Waals surface area contributed by atoms with Gasteiger partial charge in [-0.2, -0.15) is 4.98 Å². The normalized spacial score (nSPS) is 29.3. The van der Waals surface area contributed by atoms with Crippen LogP contribution in [0.4, 0.5) is 16.6 Å². The molecule has 0 aromatic carbocycles. The van der Waals surface area contributed by atoms with Gasteiger partial charge in [-0.25, -0.2) is 9.78 Å². The molecule has 3 N–H and O–H groups in total. The number of rotatable bonds is 5. The fourth-order valence-corrected chi connectivity index (χ4v) is 6.86. The lowest BCUT2D eigenvalue weighted by atomic mass is 9.84. The molecule has 12 heteroatoms. The van der Waals surface area contributed by atoms with Crippen molar-refractivity contribution >= 4 is 29.8 Å². The minimum Gasteiger partial charge on any atom is -0.481 e. The van der Waals surface area contributed by atoms with E-state index in [1.54, 1.807) is 6.20 Å². The zero-order valence-corrected chi connectivity index (χ0v) is 21.8. The van der Waals surface area contributed by atoms with E-state index in [1.807, 2.05) is 11.0 Å². The number of amides is 1. The van der Waals surface area contributed by atoms with Gasteiger partial charge in [0.15, 0.2) is 5.96 Å². The summed E-state index contributed by atoms with van der Waals surface area (Å²) in [5.41, 5.74) is 0. The van der Waals surface area contributed by atoms with Crippen LogP contribution in [0.1, 0.15) is 51.4 Å². The molecule has 3 atom stereocenters. The zero-order valence-electron chi connectivity index (χ0n) is 21.8. The van der Waals surface area contributed by atoms with Crippen molar-refractivity contribution in [1.82, 2.24) is 25.1 Å². The van der Waals surface area contributed by atoms with Gasteiger partial charge < -0.3 is 20.1 Å². The van der Waals surface area contributed by atoms with Crippen molar-refractivity contribution in [2.45, 2.75) is 75.6 Å². The number of aliphatic imine (C=N–C) groups is 1. The average Bonchev–Trinajstić information content (AvgIpc) is 3.29. The standard InChI is InChI=1S/C26H38N8O4/c35-23(36)17-6-13-32(14-7-17)19-3-1-4-20-22(19)38-26(37)34(20)18-8-15-33(16-9-18)21-5-12-29-25(30-21)31-24-27-10-2-11-28-24/h5,12,17-20,22H,1-4,6-11,13-16H2,(H,35,36)(H2,27,28,29,30,31). The fraction of sp³-hybridized carbons (Fsp3) is 0.731. The van der Waals surface area contributed by atoms with Crippen molar-refractivity contribution in [3.8, 4) is 0 Å². The SMILES string of the molecule is O=C(O)C1CCN(C2CCCC3C2OC(=O)N3C2CCN(c3ccnc(NC4=NCCCN4)n3)CC2)CC1. The van der Waals surface area contributed by atoms with Gasteiger partial charge >= 0.3 is 12.1 Å². The van der Waals surface area contributed by atoms with Crippen molar-refractivity contribution in [1.29, 1.82) is 0 Å². The number of nitrogens with one attached hydrogen (secondary N) is 2. The molecule has 12 nitrogen and oxygen atoms in total. The van der Waals surface area contributed by atoms with E-state index in [9.17, 15) is 14.7 Å². The van der Waals surface area contributed by atoms with Gasteiger partial charge in [0, 0.05) is 44.5 Å². The Labute approximate surface area is 222 Å². The summed E-state index contributed by atoms with van der Waals surface area (Å²) in [4.78, 5) is 44.7. The second-order valence-corrected chi connectivity index (χ2v) is 11.1. The number of hydrogen-bond acceptors (Lipinski definition) is 10. The molecule has 0 bridgehead atoms. The van der Waals surface area contributed by atoms with E-state index in [0.717, 1.165) is 83.6 Å². The number of likely N-dealkylation sites (tertiary alicyclic amines) is 1. The van der Waals surface area contributed by atoms with Crippen LogP contribution in [0.5, 0.6) is 0 Å². The molecule has 206 valence electrons. The van der Waals surface area contributed by atoms with Gasteiger partial charge in [0.1, 0.15) is 11.9 Å². The number of anilines is 2. The second kappa shape index (κ2) is 10.9. The molecule has 38 heavy (non-hydrogen) atoms. The number of carboxylic acid groups (broad SMARTS) is 1. The van der Waals surface area contributed by atoms with E-state index in [-0.39, 0.29) is 36.2 Å². The van der Waals surface area contributed by atoms with Gasteiger partial charge in [0.2, 0.25) is 5.95 Å². The molecule has 1 aromatic heterocycles. The maximum atomic E-state index is 13.1. The third kappa shape index (κ3) is 5.10. The molecule has 5 heterocycles. The summed E-state index contributed by atoms with van der Waals surface area (Å²) < 4.78 is 6.04. The second-order valence-electron chi connectivity index (χ2n) is 11.1. The van der Waals surface area contributed by atoms with Gasteiger partial charge in [-0.3, -0.25) is 24.9 Å². The highest BCUT2D eigenvalue weighted by Crippen LogP contribution is 2.39. The summed E-state index contributed by atoms with van der Waals surface area (Å²) in [5.74, 6) is 1.18. The summed E-state index contributed by atoms with van der Waals surface area (Å²) in [6, 6.07) is 2.38. The first-order chi connectivity index (χ1) is 18.6. The van der Waals surface area contributed by atoms with Crippen molar-refractivity contribution in [3.05, 3.63) is 12.3 Å². The Hall–Kier alpha value is -3.15. The molecule has 1 amide bonds. The monoisotopic (exact) mass is 526 g/mol. The van der Waals surface area contributed by atoms with Crippen LogP contribution < -0.4 is 15.5 Å². The van der Waals surface area contributed by atoms with Crippen LogP contribution in [0.3, 0.4) is 0 Å². The predicted octanol–water partition coefficient (Wildman–Crippen LogP) is 1.75. The Balaban J connectivity index is 1.06. The van der Waals surface area contributed by atoms with E-state index in [4.69, 9.17) is 9.72 Å². The number of carbonyl (C=O) groups excluding carboxylic acids is 1. The highest BCUT2D eigenvalue weighted by atomic mass is 16.6. The van der Waals surface area contributed by atoms with E-state index >= 15 is 0 Å². The minimum absolute atomic E-state index is 0.105. The molecule has 1 aliphatic carbocycles. The number of guanidine groups is 1. The number of nitrogens with zero attached hydrogens (tertiary/aromatic N) is 6. The number of carbonyl (C=O) groups is 2. The highest BCUT2D eigenvalue weighted by Gasteiger charge is 2.51. The lowest BCUT2D eigenvalue weighted by Gasteiger charge is -2.44. The average molecular weight is 527 g/mol. The zero-order chi connectivity index (χ0) is 26.1. The van der Waals surface area contributed by atoms with Gasteiger partial charge in [-0.1, -0.05) is 0 Å². The molecule has 5 aliphatic rings. The molecule has 3 unspecified atom stereocenters. The molecular weight excluding hydrogens is 488 g/mol. The van der Waals surface area contributed by atoms with Crippen LogP contribution in [0, 0.1) is 5.92 Å². The van der Waals surface area contributed by atoms with Crippen LogP contribution in [0.2, 0.25) is 0 Å². The van der Waals surface area contributed by atoms with E-state index in [2.05, 4.69) is 30.4 Å². The fourth-order valence-electron chi connectivity index (χ4n) is 6.86. The number of ether oxygens (including phenoxy) is 1. The molecule has 1 aromatic rings. The first-order valence-electron chi connectivity index (χ1n) is 14.2. The molecule has 0 spiro atoms. The van der Waals surface area contributed by atoms with Crippen LogP contribution in [0.25, 0.3) is 0 Å². The lowest BCUT2D eigenvalue weighted by Crippen LogP contribution is -2.56. The molecule has 3 saturated heterocycles. The summed E-state index contributed by atoms with van der Waals surface area (Å²) in [6.07, 6.45) is 8.61. The summed E-state index contributed by atoms with van der Waals surface area (Å²) in [7, 11) is 0. The predicted molar refractivity (Wildman–Crippen MR) is 141 cm³/mol. The molecule has 1 saturated carbocycles. The topological polar surface area (TPSA) is 136 Å². The first kappa shape index (κ1) is 25.1. The molecular formula is C26H38N8O4. The molecule has 0 radical (unpaired) electrons. The number of hydrogen-bond donors (Lipinski definition) is 3. The largest absolute Gasteiger partial charge is 0.481 e. The quantitative estimate of drug-likeness (QED) is 0.521. The number of carboxylic acids is 1. The van der Waals surface area contributed by atoms with Crippen LogP contribution in [0.15, 0.2) is 17.3 Å². The maximum Gasteiger partial charge on any atom is 0.410 e. The molecule has 4 fully saturated rings. The maximum absolute atomic E-state index is 13.1. The summed E-state index contributed by atoms with van der Waals surface area (Å²) >= 11 is 0. The van der Waals surface area contributed by atoms with Crippen molar-refractivity contribution in [3.63, 3.8) is 0 Å². The number of aliphatic carboxylic acids is 1. The van der Waals surface area contributed by atoms with Crippen LogP contribution >= 0.6 is 0 Å². The Kier molecular flexibility index (Phi) is 7.22. The Morgan fingerprint density at radius 2 is 1.84 bits per heavy atom. The Morgan fingerprint density at radius 3 is 2.58 bits per heavy atom. The van der Waals surface area contributed by atoms with Gasteiger partial charge in [-0.05, 0) is 70.5 Å². The summed E-state index contributed by atoms with van der Waals surface area (Å²) in [6.45, 7) is 4.85. The van der Waals surface area contributed by atoms with Crippen molar-refractivity contribution in [2.24, 2.45) is 10.9 Å². The highest BCUT2D eigenvalue weighted by molar-refractivity contribution is 5.92. The van der Waals surface area contributed by atoms with Crippen LogP contribution in [-0.4, -0.2) is 106 Å². The smallest absolute Gasteiger partial charge is 0.410 e. The van der Waals surface area contributed by atoms with Crippen molar-refractivity contribution in [2.75, 3.05) is 49.5 Å². The minimum atomic E-state index is -0.693. The Morgan fingerprint density at radius 1 is 1.05 bits per heavy atom. The van der Waals surface area contributed by atoms with E-state index in [0.29, 0.717) is 24.7 Å². The van der Waals surface area contributed by atoms with Gasteiger partial charge in [0.25, 0.3) is 0 Å². The number of piperidine rings is 2. The van der Waals surface area contributed by atoms with Gasteiger partial charge in [0.05, 0.1) is 12.0 Å². The van der Waals surface area contributed by atoms with E-state index < -0.39 is 5.97 Å². The van der Waals surface area contributed by atoms with Gasteiger partial charge in [-0.15, -0.1) is 0 Å². The third-order valence-electron chi connectivity index (χ3n) is 8.86. The number of fused-ring (bicyclic) bond motifs is 1. The Bertz CT molecular complexity index is 1050. The first-order valence-corrected chi connectivity index (χ1v) is 14.2.